The predicted octanol–water partition coefficient (Wildman–Crippen LogP) is 2.29. The summed E-state index contributed by atoms with van der Waals surface area (Å²) < 4.78 is 5.52. The van der Waals surface area contributed by atoms with E-state index in [2.05, 4.69) is 12.1 Å². The van der Waals surface area contributed by atoms with Crippen LogP contribution >= 0.6 is 0 Å². The highest BCUT2D eigenvalue weighted by atomic mass is 16.6. The Kier molecular flexibility index (Phi) is 4.87. The quantitative estimate of drug-likeness (QED) is 0.573. The van der Waals surface area contributed by atoms with Crippen molar-refractivity contribution in [1.29, 1.82) is 0 Å². The number of nitrogens with one attached hydrogen (secondary N) is 1. The second-order valence-corrected chi connectivity index (χ2v) is 3.42. The minimum atomic E-state index is 0.557. The van der Waals surface area contributed by atoms with E-state index in [1.54, 1.807) is 7.11 Å². The third-order valence-corrected chi connectivity index (χ3v) is 1.80. The lowest BCUT2D eigenvalue weighted by Crippen LogP contribution is -2.10. The number of hydrogen-bond donors (Lipinski definition) is 1. The highest BCUT2D eigenvalue weighted by molar-refractivity contribution is 5.28. The lowest BCUT2D eigenvalue weighted by atomic mass is 10.2. The van der Waals surface area contributed by atoms with E-state index in [0.29, 0.717) is 13.2 Å². The molecule has 0 aliphatic rings. The average molecular weight is 207 g/mol. The molecule has 0 heterocycles. The Morgan fingerprint density at radius 2 is 2.27 bits per heavy atom. The lowest BCUT2D eigenvalue weighted by Gasteiger charge is -2.07. The van der Waals surface area contributed by atoms with Crippen molar-refractivity contribution in [2.45, 2.75) is 13.5 Å². The monoisotopic (exact) mass is 207 g/mol. The van der Waals surface area contributed by atoms with Crippen LogP contribution in [0.25, 0.3) is 0 Å². The molecule has 3 nitrogen and oxygen atoms in total. The molecular formula is C12H17NO2. The van der Waals surface area contributed by atoms with Crippen molar-refractivity contribution < 1.29 is 9.57 Å². The normalized spacial score (nSPS) is 10.0. The van der Waals surface area contributed by atoms with Crippen molar-refractivity contribution in [3.8, 4) is 5.75 Å². The summed E-state index contributed by atoms with van der Waals surface area (Å²) in [6.45, 7) is 6.95. The van der Waals surface area contributed by atoms with E-state index in [1.807, 2.05) is 31.2 Å². The number of hydroxylamine groups is 1. The van der Waals surface area contributed by atoms with Gasteiger partial charge < -0.3 is 9.57 Å². The van der Waals surface area contributed by atoms with Gasteiger partial charge in [0.25, 0.3) is 0 Å². The summed E-state index contributed by atoms with van der Waals surface area (Å²) in [4.78, 5) is 4.78. The molecule has 82 valence electrons. The average Bonchev–Trinajstić information content (AvgIpc) is 2.24. The SMILES string of the molecule is C=C(C)COc1cccc(CNOC)c1. The molecule has 15 heavy (non-hydrogen) atoms. The van der Waals surface area contributed by atoms with Gasteiger partial charge in [0.2, 0.25) is 0 Å². The molecule has 1 aromatic carbocycles. The van der Waals surface area contributed by atoms with Gasteiger partial charge in [-0.2, -0.15) is 5.48 Å². The second-order valence-electron chi connectivity index (χ2n) is 3.42. The van der Waals surface area contributed by atoms with Gasteiger partial charge in [-0.15, -0.1) is 0 Å². The minimum absolute atomic E-state index is 0.557. The summed E-state index contributed by atoms with van der Waals surface area (Å²) in [5.74, 6) is 0.855. The van der Waals surface area contributed by atoms with Gasteiger partial charge in [-0.1, -0.05) is 18.7 Å². The second kappa shape index (κ2) is 6.22. The van der Waals surface area contributed by atoms with Crippen LogP contribution in [0.2, 0.25) is 0 Å². The Bertz CT molecular complexity index is 323. The van der Waals surface area contributed by atoms with Gasteiger partial charge in [-0.25, -0.2) is 0 Å². The van der Waals surface area contributed by atoms with Crippen LogP contribution < -0.4 is 10.2 Å². The molecular weight excluding hydrogens is 190 g/mol. The Morgan fingerprint density at radius 1 is 1.47 bits per heavy atom. The van der Waals surface area contributed by atoms with Crippen LogP contribution in [0.15, 0.2) is 36.4 Å². The summed E-state index contributed by atoms with van der Waals surface area (Å²) >= 11 is 0. The van der Waals surface area contributed by atoms with Gasteiger partial charge >= 0.3 is 0 Å². The van der Waals surface area contributed by atoms with Crippen molar-refractivity contribution in [3.63, 3.8) is 0 Å². The van der Waals surface area contributed by atoms with E-state index in [9.17, 15) is 0 Å². The summed E-state index contributed by atoms with van der Waals surface area (Å²) in [6.07, 6.45) is 0. The molecule has 0 spiro atoms. The van der Waals surface area contributed by atoms with Crippen LogP contribution in [-0.2, 0) is 11.4 Å². The van der Waals surface area contributed by atoms with Gasteiger partial charge in [0.05, 0.1) is 7.11 Å². The molecule has 0 saturated heterocycles. The first-order valence-corrected chi connectivity index (χ1v) is 4.84. The van der Waals surface area contributed by atoms with E-state index < -0.39 is 0 Å². The molecule has 1 N–H and O–H groups in total. The van der Waals surface area contributed by atoms with Crippen LogP contribution in [0.5, 0.6) is 5.75 Å². The van der Waals surface area contributed by atoms with Crippen molar-refractivity contribution in [2.24, 2.45) is 0 Å². The zero-order valence-electron chi connectivity index (χ0n) is 9.25. The largest absolute Gasteiger partial charge is 0.489 e. The molecule has 1 aromatic rings. The lowest BCUT2D eigenvalue weighted by molar-refractivity contribution is 0.0866. The zero-order valence-corrected chi connectivity index (χ0v) is 9.25. The van der Waals surface area contributed by atoms with Gasteiger partial charge in [0.1, 0.15) is 12.4 Å². The van der Waals surface area contributed by atoms with Gasteiger partial charge in [0, 0.05) is 6.54 Å². The number of rotatable bonds is 6. The number of hydrogen-bond acceptors (Lipinski definition) is 3. The van der Waals surface area contributed by atoms with E-state index in [1.165, 1.54) is 0 Å². The Labute approximate surface area is 90.7 Å². The first-order chi connectivity index (χ1) is 7.22. The van der Waals surface area contributed by atoms with Crippen molar-refractivity contribution >= 4 is 0 Å². The summed E-state index contributed by atoms with van der Waals surface area (Å²) in [5, 5.41) is 0. The number of benzene rings is 1. The Hall–Kier alpha value is -1.32. The maximum absolute atomic E-state index is 5.52. The fraction of sp³-hybridized carbons (Fsp3) is 0.333. The number of ether oxygens (including phenoxy) is 1. The van der Waals surface area contributed by atoms with Crippen molar-refractivity contribution in [2.75, 3.05) is 13.7 Å². The topological polar surface area (TPSA) is 30.5 Å². The summed E-state index contributed by atoms with van der Waals surface area (Å²) in [5.41, 5.74) is 4.91. The summed E-state index contributed by atoms with van der Waals surface area (Å²) in [6, 6.07) is 7.88. The molecule has 0 bridgehead atoms. The molecule has 0 unspecified atom stereocenters. The molecule has 0 aliphatic heterocycles. The van der Waals surface area contributed by atoms with Crippen LogP contribution in [-0.4, -0.2) is 13.7 Å². The first-order valence-electron chi connectivity index (χ1n) is 4.84. The molecule has 0 aliphatic carbocycles. The molecule has 0 atom stereocenters. The summed E-state index contributed by atoms with van der Waals surface area (Å²) in [7, 11) is 1.60. The smallest absolute Gasteiger partial charge is 0.120 e. The fourth-order valence-electron chi connectivity index (χ4n) is 1.11. The van der Waals surface area contributed by atoms with Gasteiger partial charge in [-0.3, -0.25) is 0 Å². The maximum Gasteiger partial charge on any atom is 0.120 e. The highest BCUT2D eigenvalue weighted by Crippen LogP contribution is 2.13. The molecule has 0 fully saturated rings. The van der Waals surface area contributed by atoms with E-state index in [-0.39, 0.29) is 0 Å². The van der Waals surface area contributed by atoms with Crippen LogP contribution in [0.1, 0.15) is 12.5 Å². The zero-order chi connectivity index (χ0) is 11.1. The molecule has 0 amide bonds. The molecule has 0 aromatic heterocycles. The van der Waals surface area contributed by atoms with Crippen molar-refractivity contribution in [3.05, 3.63) is 42.0 Å². The van der Waals surface area contributed by atoms with E-state index in [4.69, 9.17) is 9.57 Å². The Balaban J connectivity index is 2.53. The van der Waals surface area contributed by atoms with E-state index in [0.717, 1.165) is 16.9 Å². The molecule has 3 heteroatoms. The standard InChI is InChI=1S/C12H17NO2/c1-10(2)9-15-12-6-4-5-11(7-12)8-13-14-3/h4-7,13H,1,8-9H2,2-3H3. The van der Waals surface area contributed by atoms with E-state index >= 15 is 0 Å². The third kappa shape index (κ3) is 4.63. The third-order valence-electron chi connectivity index (χ3n) is 1.80. The molecule has 1 rings (SSSR count). The molecule has 0 radical (unpaired) electrons. The fourth-order valence-corrected chi connectivity index (χ4v) is 1.11. The maximum atomic E-state index is 5.52. The first kappa shape index (κ1) is 11.8. The highest BCUT2D eigenvalue weighted by Gasteiger charge is 1.96. The Morgan fingerprint density at radius 3 is 2.93 bits per heavy atom. The van der Waals surface area contributed by atoms with Gasteiger partial charge in [0.15, 0.2) is 0 Å². The van der Waals surface area contributed by atoms with Crippen LogP contribution in [0, 0.1) is 0 Å². The minimum Gasteiger partial charge on any atom is -0.489 e. The van der Waals surface area contributed by atoms with Gasteiger partial charge in [-0.05, 0) is 30.2 Å². The van der Waals surface area contributed by atoms with Crippen molar-refractivity contribution in [1.82, 2.24) is 5.48 Å². The molecule has 0 saturated carbocycles. The van der Waals surface area contributed by atoms with Crippen LogP contribution in [0.3, 0.4) is 0 Å². The van der Waals surface area contributed by atoms with Crippen LogP contribution in [0.4, 0.5) is 0 Å². The predicted molar refractivity (Wildman–Crippen MR) is 60.6 cm³/mol.